The number of anilines is 1. The molecule has 1 rings (SSSR count). The van der Waals surface area contributed by atoms with Crippen molar-refractivity contribution in [3.05, 3.63) is 30.1 Å². The van der Waals surface area contributed by atoms with Crippen molar-refractivity contribution >= 4 is 34.9 Å². The first-order chi connectivity index (χ1) is 10.0. The van der Waals surface area contributed by atoms with Gasteiger partial charge in [-0.05, 0) is 31.3 Å². The van der Waals surface area contributed by atoms with Gasteiger partial charge in [0.15, 0.2) is 5.11 Å². The molecule has 0 aromatic heterocycles. The Morgan fingerprint density at radius 1 is 1.24 bits per heavy atom. The quantitative estimate of drug-likeness (QED) is 0.434. The predicted octanol–water partition coefficient (Wildman–Crippen LogP) is 1.49. The minimum Gasteiger partial charge on any atom is -0.466 e. The van der Waals surface area contributed by atoms with Crippen LogP contribution in [-0.4, -0.2) is 23.6 Å². The summed E-state index contributed by atoms with van der Waals surface area (Å²) in [5.74, 6) is -1.34. The third kappa shape index (κ3) is 6.66. The molecule has 1 amide bonds. The number of hydrogen-bond donors (Lipinski definition) is 3. The highest BCUT2D eigenvalue weighted by molar-refractivity contribution is 7.80. The van der Waals surface area contributed by atoms with E-state index in [9.17, 15) is 14.0 Å². The van der Waals surface area contributed by atoms with Crippen LogP contribution in [0.5, 0.6) is 0 Å². The van der Waals surface area contributed by atoms with E-state index < -0.39 is 17.7 Å². The summed E-state index contributed by atoms with van der Waals surface area (Å²) in [5, 5.41) is 2.62. The molecule has 0 aliphatic heterocycles. The molecule has 0 aliphatic carbocycles. The van der Waals surface area contributed by atoms with Gasteiger partial charge in [-0.3, -0.25) is 20.4 Å². The Bertz CT molecular complexity index is 525. The number of nitrogens with one attached hydrogen (secondary N) is 3. The highest BCUT2D eigenvalue weighted by Gasteiger charge is 2.08. The molecule has 6 nitrogen and oxygen atoms in total. The standard InChI is InChI=1S/C13H16FN3O3S/c1-2-20-12(19)8-7-11(18)16-17-13(21)15-10-6-4-3-5-9(10)14/h3-6H,2,7-8H2,1H3,(H,16,18)(H2,15,17,21). The summed E-state index contributed by atoms with van der Waals surface area (Å²) in [5.41, 5.74) is 4.90. The average molecular weight is 313 g/mol. The molecule has 0 spiro atoms. The molecule has 1 aromatic carbocycles. The van der Waals surface area contributed by atoms with Crippen molar-refractivity contribution in [2.45, 2.75) is 19.8 Å². The van der Waals surface area contributed by atoms with Crippen molar-refractivity contribution in [3.8, 4) is 0 Å². The first kappa shape index (κ1) is 16.8. The number of benzene rings is 1. The van der Waals surface area contributed by atoms with Gasteiger partial charge >= 0.3 is 5.97 Å². The van der Waals surface area contributed by atoms with E-state index in [4.69, 9.17) is 17.0 Å². The summed E-state index contributed by atoms with van der Waals surface area (Å²) in [6.45, 7) is 1.96. The summed E-state index contributed by atoms with van der Waals surface area (Å²) < 4.78 is 18.0. The van der Waals surface area contributed by atoms with Crippen molar-refractivity contribution < 1.29 is 18.7 Å². The molecule has 0 bridgehead atoms. The molecule has 0 aliphatic rings. The van der Waals surface area contributed by atoms with Gasteiger partial charge in [0.1, 0.15) is 5.82 Å². The van der Waals surface area contributed by atoms with Gasteiger partial charge in [-0.15, -0.1) is 0 Å². The number of esters is 1. The van der Waals surface area contributed by atoms with E-state index >= 15 is 0 Å². The summed E-state index contributed by atoms with van der Waals surface area (Å²) in [6, 6.07) is 5.98. The molecule has 0 fully saturated rings. The van der Waals surface area contributed by atoms with E-state index in [2.05, 4.69) is 16.2 Å². The van der Waals surface area contributed by atoms with E-state index in [1.54, 1.807) is 19.1 Å². The van der Waals surface area contributed by atoms with Crippen LogP contribution in [0.25, 0.3) is 0 Å². The van der Waals surface area contributed by atoms with Crippen LogP contribution in [0.2, 0.25) is 0 Å². The second kappa shape index (κ2) is 8.85. The van der Waals surface area contributed by atoms with Crippen LogP contribution in [-0.2, 0) is 14.3 Å². The number of rotatable bonds is 5. The van der Waals surface area contributed by atoms with Crippen molar-refractivity contribution in [2.24, 2.45) is 0 Å². The maximum absolute atomic E-state index is 13.3. The fourth-order valence-corrected chi connectivity index (χ4v) is 1.51. The third-order valence-electron chi connectivity index (χ3n) is 2.30. The van der Waals surface area contributed by atoms with E-state index in [0.717, 1.165) is 0 Å². The van der Waals surface area contributed by atoms with Gasteiger partial charge in [-0.1, -0.05) is 12.1 Å². The normalized spacial score (nSPS) is 9.62. The minimum absolute atomic E-state index is 0.0190. The number of carbonyl (C=O) groups is 2. The molecule has 0 atom stereocenters. The van der Waals surface area contributed by atoms with Crippen LogP contribution in [0.4, 0.5) is 10.1 Å². The number of thiocarbonyl (C=S) groups is 1. The topological polar surface area (TPSA) is 79.5 Å². The lowest BCUT2D eigenvalue weighted by Crippen LogP contribution is -2.43. The molecular formula is C13H16FN3O3S. The largest absolute Gasteiger partial charge is 0.466 e. The average Bonchev–Trinajstić information content (AvgIpc) is 2.46. The summed E-state index contributed by atoms with van der Waals surface area (Å²) in [7, 11) is 0. The number of halogens is 1. The Balaban J connectivity index is 2.28. The van der Waals surface area contributed by atoms with Gasteiger partial charge in [0.05, 0.1) is 18.7 Å². The van der Waals surface area contributed by atoms with Gasteiger partial charge in [0.2, 0.25) is 5.91 Å². The molecule has 114 valence electrons. The van der Waals surface area contributed by atoms with Gasteiger partial charge in [0.25, 0.3) is 0 Å². The number of carbonyl (C=O) groups excluding carboxylic acids is 2. The van der Waals surface area contributed by atoms with Gasteiger partial charge in [-0.25, -0.2) is 4.39 Å². The molecule has 0 saturated heterocycles. The van der Waals surface area contributed by atoms with Gasteiger partial charge in [0, 0.05) is 6.42 Å². The van der Waals surface area contributed by atoms with E-state index in [-0.39, 0.29) is 30.2 Å². The van der Waals surface area contributed by atoms with Crippen molar-refractivity contribution in [3.63, 3.8) is 0 Å². The zero-order valence-corrected chi connectivity index (χ0v) is 12.3. The number of hydrogen-bond acceptors (Lipinski definition) is 4. The van der Waals surface area contributed by atoms with Crippen LogP contribution in [0.1, 0.15) is 19.8 Å². The van der Waals surface area contributed by atoms with Crippen molar-refractivity contribution in [1.82, 2.24) is 10.9 Å². The van der Waals surface area contributed by atoms with Crippen LogP contribution >= 0.6 is 12.2 Å². The molecule has 0 unspecified atom stereocenters. The zero-order valence-electron chi connectivity index (χ0n) is 11.4. The molecule has 21 heavy (non-hydrogen) atoms. The molecule has 0 radical (unpaired) electrons. The van der Waals surface area contributed by atoms with Gasteiger partial charge in [-0.2, -0.15) is 0 Å². The number of ether oxygens (including phenoxy) is 1. The smallest absolute Gasteiger partial charge is 0.306 e. The molecule has 8 heteroatoms. The van der Waals surface area contributed by atoms with Gasteiger partial charge < -0.3 is 10.1 Å². The summed E-state index contributed by atoms with van der Waals surface area (Å²) >= 11 is 4.90. The molecular weight excluding hydrogens is 297 g/mol. The Kier molecular flexibility index (Phi) is 7.10. The first-order valence-electron chi connectivity index (χ1n) is 6.29. The molecule has 1 aromatic rings. The highest BCUT2D eigenvalue weighted by atomic mass is 32.1. The van der Waals surface area contributed by atoms with Crippen molar-refractivity contribution in [2.75, 3.05) is 11.9 Å². The molecule has 0 saturated carbocycles. The first-order valence-corrected chi connectivity index (χ1v) is 6.69. The Morgan fingerprint density at radius 2 is 1.95 bits per heavy atom. The van der Waals surface area contributed by atoms with E-state index in [1.807, 2.05) is 0 Å². The lowest BCUT2D eigenvalue weighted by molar-refractivity contribution is -0.144. The van der Waals surface area contributed by atoms with Crippen LogP contribution in [0, 0.1) is 5.82 Å². The number of hydrazine groups is 1. The Morgan fingerprint density at radius 3 is 2.62 bits per heavy atom. The summed E-state index contributed by atoms with van der Waals surface area (Å²) in [4.78, 5) is 22.5. The second-order valence-electron chi connectivity index (χ2n) is 3.91. The van der Waals surface area contributed by atoms with Crippen LogP contribution in [0.3, 0.4) is 0 Å². The number of amides is 1. The monoisotopic (exact) mass is 313 g/mol. The lowest BCUT2D eigenvalue weighted by Gasteiger charge is -2.11. The maximum atomic E-state index is 13.3. The second-order valence-corrected chi connectivity index (χ2v) is 4.32. The van der Waals surface area contributed by atoms with E-state index in [0.29, 0.717) is 0 Å². The maximum Gasteiger partial charge on any atom is 0.306 e. The van der Waals surface area contributed by atoms with Crippen LogP contribution in [0.15, 0.2) is 24.3 Å². The Labute approximate surface area is 127 Å². The third-order valence-corrected chi connectivity index (χ3v) is 2.50. The highest BCUT2D eigenvalue weighted by Crippen LogP contribution is 2.11. The predicted molar refractivity (Wildman–Crippen MR) is 79.8 cm³/mol. The summed E-state index contributed by atoms with van der Waals surface area (Å²) in [6.07, 6.45) is -0.0526. The van der Waals surface area contributed by atoms with Crippen molar-refractivity contribution in [1.29, 1.82) is 0 Å². The SMILES string of the molecule is CCOC(=O)CCC(=O)NNC(=S)Nc1ccccc1F. The minimum atomic E-state index is -0.463. The van der Waals surface area contributed by atoms with Crippen LogP contribution < -0.4 is 16.2 Å². The number of para-hydroxylation sites is 1. The lowest BCUT2D eigenvalue weighted by atomic mass is 10.3. The fraction of sp³-hybridized carbons (Fsp3) is 0.308. The van der Waals surface area contributed by atoms with E-state index in [1.165, 1.54) is 12.1 Å². The fourth-order valence-electron chi connectivity index (χ4n) is 1.35. The Hall–Kier alpha value is -2.22. The molecule has 3 N–H and O–H groups in total. The molecule has 0 heterocycles. The zero-order chi connectivity index (χ0) is 15.7.